The fraction of sp³-hybridized carbons (Fsp3) is 0.833. The molecule has 104 valence electrons. The van der Waals surface area contributed by atoms with E-state index >= 15 is 0 Å². The molecule has 0 atom stereocenters. The van der Waals surface area contributed by atoms with Gasteiger partial charge in [0.05, 0.1) is 19.8 Å². The van der Waals surface area contributed by atoms with E-state index in [1.54, 1.807) is 0 Å². The van der Waals surface area contributed by atoms with Crippen LogP contribution in [0.1, 0.15) is 20.8 Å². The van der Waals surface area contributed by atoms with Crippen LogP contribution in [0.15, 0.2) is 0 Å². The third kappa shape index (κ3) is 12.7. The lowest BCUT2D eigenvalue weighted by Gasteiger charge is -2.19. The van der Waals surface area contributed by atoms with Gasteiger partial charge in [0.25, 0.3) is 0 Å². The van der Waals surface area contributed by atoms with Gasteiger partial charge in [-0.05, 0) is 20.8 Å². The first-order valence-electron chi connectivity index (χ1n) is 5.91. The van der Waals surface area contributed by atoms with Crippen LogP contribution in [0.5, 0.6) is 0 Å². The van der Waals surface area contributed by atoms with Gasteiger partial charge in [0.2, 0.25) is 6.54 Å². The smallest absolute Gasteiger partial charge is 0.407 e. The van der Waals surface area contributed by atoms with Crippen LogP contribution in [0.4, 0.5) is 4.79 Å². The quantitative estimate of drug-likeness (QED) is 0.529. The van der Waals surface area contributed by atoms with Gasteiger partial charge in [0, 0.05) is 6.54 Å². The first-order chi connectivity index (χ1) is 8.45. The van der Waals surface area contributed by atoms with Crippen molar-refractivity contribution < 1.29 is 19.0 Å². The minimum Gasteiger partial charge on any atom is -0.444 e. The molecule has 0 unspecified atom stereocenters. The molecule has 0 aromatic heterocycles. The lowest BCUT2D eigenvalue weighted by Crippen LogP contribution is -2.34. The highest BCUT2D eigenvalue weighted by atomic mass is 16.6. The van der Waals surface area contributed by atoms with E-state index in [2.05, 4.69) is 10.2 Å². The lowest BCUT2D eigenvalue weighted by atomic mass is 10.2. The normalized spacial score (nSPS) is 10.8. The molecule has 0 saturated carbocycles. The molecule has 0 rings (SSSR count). The number of alkyl carbamates (subject to hydrolysis) is 1. The van der Waals surface area contributed by atoms with Crippen molar-refractivity contribution in [3.05, 3.63) is 11.4 Å². The largest absolute Gasteiger partial charge is 0.444 e. The molecular weight excluding hydrogens is 236 g/mol. The molecule has 1 N–H and O–H groups in total. The topological polar surface area (TPSA) is 61.2 Å². The van der Waals surface area contributed by atoms with Crippen LogP contribution in [-0.4, -0.2) is 51.2 Å². The number of amides is 1. The average molecular weight is 258 g/mol. The Hall–Kier alpha value is -1.32. The SMILES string of the molecule is [C-]#[N+]CCOCCOCCNC(=O)OC(C)(C)C. The Balaban J connectivity index is 3.26. The van der Waals surface area contributed by atoms with Gasteiger partial charge >= 0.3 is 6.09 Å². The number of ether oxygens (including phenoxy) is 3. The maximum atomic E-state index is 11.2. The van der Waals surface area contributed by atoms with Gasteiger partial charge in [0.1, 0.15) is 12.2 Å². The third-order valence-corrected chi connectivity index (χ3v) is 1.63. The predicted octanol–water partition coefficient (Wildman–Crippen LogP) is 1.46. The van der Waals surface area contributed by atoms with Crippen molar-refractivity contribution in [2.75, 3.05) is 39.5 Å². The molecule has 0 radical (unpaired) electrons. The van der Waals surface area contributed by atoms with Crippen LogP contribution in [-0.2, 0) is 14.2 Å². The molecular formula is C12H22N2O4. The number of hydrogen-bond acceptors (Lipinski definition) is 4. The summed E-state index contributed by atoms with van der Waals surface area (Å²) < 4.78 is 15.4. The number of carbonyl (C=O) groups is 1. The summed E-state index contributed by atoms with van der Waals surface area (Å²) in [7, 11) is 0. The molecule has 0 aliphatic carbocycles. The third-order valence-electron chi connectivity index (χ3n) is 1.63. The number of rotatable bonds is 8. The van der Waals surface area contributed by atoms with Gasteiger partial charge in [0.15, 0.2) is 0 Å². The minimum atomic E-state index is -0.484. The van der Waals surface area contributed by atoms with E-state index in [4.69, 9.17) is 20.8 Å². The number of hydrogen-bond donors (Lipinski definition) is 1. The summed E-state index contributed by atoms with van der Waals surface area (Å²) in [6, 6.07) is 0. The fourth-order valence-electron chi connectivity index (χ4n) is 0.972. The van der Waals surface area contributed by atoms with Crippen molar-refractivity contribution in [2.45, 2.75) is 26.4 Å². The van der Waals surface area contributed by atoms with Crippen molar-refractivity contribution in [3.63, 3.8) is 0 Å². The van der Waals surface area contributed by atoms with Gasteiger partial charge in [-0.25, -0.2) is 11.4 Å². The number of carbonyl (C=O) groups excluding carboxylic acids is 1. The molecule has 0 heterocycles. The minimum absolute atomic E-state index is 0.375. The number of nitrogens with one attached hydrogen (secondary N) is 1. The highest BCUT2D eigenvalue weighted by molar-refractivity contribution is 5.67. The standard InChI is InChI=1S/C12H22N2O4/c1-12(2,3)18-11(15)14-6-8-17-10-9-16-7-5-13-4/h5-10H2,1-3H3,(H,14,15). The molecule has 0 saturated heterocycles. The average Bonchev–Trinajstić information content (AvgIpc) is 2.24. The van der Waals surface area contributed by atoms with Crippen LogP contribution in [0.3, 0.4) is 0 Å². The van der Waals surface area contributed by atoms with Crippen LogP contribution in [0.2, 0.25) is 0 Å². The fourth-order valence-corrected chi connectivity index (χ4v) is 0.972. The van der Waals surface area contributed by atoms with Crippen molar-refractivity contribution in [1.82, 2.24) is 5.32 Å². The van der Waals surface area contributed by atoms with Crippen LogP contribution in [0.25, 0.3) is 4.85 Å². The Bertz CT molecular complexity index is 268. The van der Waals surface area contributed by atoms with E-state index in [0.717, 1.165) is 0 Å². The Morgan fingerprint density at radius 3 is 2.33 bits per heavy atom. The van der Waals surface area contributed by atoms with E-state index in [0.29, 0.717) is 39.5 Å². The maximum absolute atomic E-state index is 11.2. The molecule has 1 amide bonds. The first-order valence-corrected chi connectivity index (χ1v) is 5.91. The molecule has 0 aromatic carbocycles. The Morgan fingerprint density at radius 1 is 1.17 bits per heavy atom. The highest BCUT2D eigenvalue weighted by Crippen LogP contribution is 2.05. The highest BCUT2D eigenvalue weighted by Gasteiger charge is 2.15. The van der Waals surface area contributed by atoms with Gasteiger partial charge in [-0.3, -0.25) is 0 Å². The second-order valence-electron chi connectivity index (χ2n) is 4.54. The Kier molecular flexibility index (Phi) is 8.97. The zero-order valence-corrected chi connectivity index (χ0v) is 11.3. The molecule has 6 nitrogen and oxygen atoms in total. The van der Waals surface area contributed by atoms with Gasteiger partial charge in [-0.1, -0.05) is 0 Å². The summed E-state index contributed by atoms with van der Waals surface area (Å²) in [5.74, 6) is 0. The molecule has 0 fully saturated rings. The van der Waals surface area contributed by atoms with Crippen molar-refractivity contribution in [3.8, 4) is 0 Å². The Labute approximate surface area is 108 Å². The van der Waals surface area contributed by atoms with Crippen LogP contribution < -0.4 is 5.32 Å². The van der Waals surface area contributed by atoms with Gasteiger partial charge in [-0.2, -0.15) is 0 Å². The molecule has 0 aromatic rings. The van der Waals surface area contributed by atoms with Crippen molar-refractivity contribution >= 4 is 6.09 Å². The summed E-state index contributed by atoms with van der Waals surface area (Å²) in [5.41, 5.74) is -0.484. The van der Waals surface area contributed by atoms with Crippen molar-refractivity contribution in [2.24, 2.45) is 0 Å². The molecule has 6 heteroatoms. The molecule has 18 heavy (non-hydrogen) atoms. The summed E-state index contributed by atoms with van der Waals surface area (Å²) in [6.45, 7) is 14.5. The van der Waals surface area contributed by atoms with Gasteiger partial charge < -0.3 is 24.4 Å². The van der Waals surface area contributed by atoms with Crippen molar-refractivity contribution in [1.29, 1.82) is 0 Å². The number of nitrogens with zero attached hydrogens (tertiary/aromatic N) is 1. The lowest BCUT2D eigenvalue weighted by molar-refractivity contribution is 0.0418. The maximum Gasteiger partial charge on any atom is 0.407 e. The van der Waals surface area contributed by atoms with Gasteiger partial charge in [-0.15, -0.1) is 0 Å². The summed E-state index contributed by atoms with van der Waals surface area (Å²) in [6.07, 6.45) is -0.445. The zero-order chi connectivity index (χ0) is 13.9. The zero-order valence-electron chi connectivity index (χ0n) is 11.3. The molecule has 0 spiro atoms. The second kappa shape index (κ2) is 9.68. The summed E-state index contributed by atoms with van der Waals surface area (Å²) in [5, 5.41) is 2.58. The predicted molar refractivity (Wildman–Crippen MR) is 67.3 cm³/mol. The first kappa shape index (κ1) is 16.7. The summed E-state index contributed by atoms with van der Waals surface area (Å²) >= 11 is 0. The Morgan fingerprint density at radius 2 is 1.78 bits per heavy atom. The summed E-state index contributed by atoms with van der Waals surface area (Å²) in [4.78, 5) is 14.4. The molecule has 0 bridgehead atoms. The second-order valence-corrected chi connectivity index (χ2v) is 4.54. The van der Waals surface area contributed by atoms with E-state index in [-0.39, 0.29) is 0 Å². The van der Waals surface area contributed by atoms with E-state index in [1.807, 2.05) is 20.8 Å². The van der Waals surface area contributed by atoms with E-state index in [9.17, 15) is 4.79 Å². The van der Waals surface area contributed by atoms with E-state index < -0.39 is 11.7 Å². The van der Waals surface area contributed by atoms with E-state index in [1.165, 1.54) is 0 Å². The monoisotopic (exact) mass is 258 g/mol. The van der Waals surface area contributed by atoms with Crippen LogP contribution >= 0.6 is 0 Å². The molecule has 0 aliphatic rings. The molecule has 0 aliphatic heterocycles. The van der Waals surface area contributed by atoms with Crippen LogP contribution in [0, 0.1) is 6.57 Å².